The number of rotatable bonds is 6. The van der Waals surface area contributed by atoms with Gasteiger partial charge in [0.1, 0.15) is 11.5 Å². The van der Waals surface area contributed by atoms with Crippen LogP contribution in [-0.2, 0) is 17.8 Å². The van der Waals surface area contributed by atoms with Crippen molar-refractivity contribution in [2.75, 3.05) is 27.9 Å². The predicted molar refractivity (Wildman–Crippen MR) is 63.0 cm³/mol. The molecule has 0 fully saturated rings. The number of ether oxygens (including phenoxy) is 3. The number of hydrogen-bond donors (Lipinski definition) is 1. The minimum absolute atomic E-state index is 0.519. The monoisotopic (exact) mass is 225 g/mol. The van der Waals surface area contributed by atoms with E-state index in [1.165, 1.54) is 0 Å². The summed E-state index contributed by atoms with van der Waals surface area (Å²) in [5, 5.41) is 0. The molecule has 0 aliphatic heterocycles. The SMILES string of the molecule is COCc1ccc(OC)c(CCN)c1OC. The maximum atomic E-state index is 5.59. The second kappa shape index (κ2) is 6.35. The lowest BCUT2D eigenvalue weighted by molar-refractivity contribution is 0.181. The van der Waals surface area contributed by atoms with Crippen molar-refractivity contribution in [3.8, 4) is 11.5 Å². The van der Waals surface area contributed by atoms with Crippen LogP contribution in [0.5, 0.6) is 11.5 Å². The molecule has 1 aromatic rings. The summed E-state index contributed by atoms with van der Waals surface area (Å²) in [6.45, 7) is 1.08. The minimum Gasteiger partial charge on any atom is -0.496 e. The fourth-order valence-corrected chi connectivity index (χ4v) is 1.75. The minimum atomic E-state index is 0.519. The fraction of sp³-hybridized carbons (Fsp3) is 0.500. The molecule has 1 rings (SSSR count). The quantitative estimate of drug-likeness (QED) is 0.794. The molecule has 0 aliphatic carbocycles. The lowest BCUT2D eigenvalue weighted by Gasteiger charge is -2.16. The molecular weight excluding hydrogens is 206 g/mol. The zero-order valence-electron chi connectivity index (χ0n) is 10.1. The summed E-state index contributed by atoms with van der Waals surface area (Å²) in [6, 6.07) is 3.86. The molecule has 0 saturated carbocycles. The first kappa shape index (κ1) is 12.8. The second-order valence-electron chi connectivity index (χ2n) is 3.41. The Morgan fingerprint density at radius 1 is 1.12 bits per heavy atom. The van der Waals surface area contributed by atoms with Gasteiger partial charge in [-0.15, -0.1) is 0 Å². The lowest BCUT2D eigenvalue weighted by atomic mass is 10.0. The summed E-state index contributed by atoms with van der Waals surface area (Å²) in [6.07, 6.45) is 0.726. The zero-order valence-corrected chi connectivity index (χ0v) is 10.1. The Morgan fingerprint density at radius 3 is 2.38 bits per heavy atom. The molecule has 4 heteroatoms. The molecule has 0 heterocycles. The maximum absolute atomic E-state index is 5.59. The summed E-state index contributed by atoms with van der Waals surface area (Å²) < 4.78 is 15.8. The van der Waals surface area contributed by atoms with Crippen molar-refractivity contribution >= 4 is 0 Å². The molecule has 0 bridgehead atoms. The Balaban J connectivity index is 3.19. The molecule has 1 aromatic carbocycles. The molecule has 0 aromatic heterocycles. The van der Waals surface area contributed by atoms with Crippen molar-refractivity contribution in [2.45, 2.75) is 13.0 Å². The molecule has 4 nitrogen and oxygen atoms in total. The van der Waals surface area contributed by atoms with Crippen molar-refractivity contribution in [1.82, 2.24) is 0 Å². The smallest absolute Gasteiger partial charge is 0.131 e. The largest absolute Gasteiger partial charge is 0.496 e. The standard InChI is InChI=1S/C12H19NO3/c1-14-8-9-4-5-11(15-2)10(6-7-13)12(9)16-3/h4-5H,6-8,13H2,1-3H3. The normalized spacial score (nSPS) is 10.2. The molecule has 0 atom stereocenters. The topological polar surface area (TPSA) is 53.7 Å². The number of methoxy groups -OCH3 is 3. The van der Waals surface area contributed by atoms with E-state index in [0.29, 0.717) is 13.2 Å². The van der Waals surface area contributed by atoms with Crippen LogP contribution in [0.1, 0.15) is 11.1 Å². The summed E-state index contributed by atoms with van der Waals surface area (Å²) in [4.78, 5) is 0. The average molecular weight is 225 g/mol. The maximum Gasteiger partial charge on any atom is 0.131 e. The van der Waals surface area contributed by atoms with Crippen molar-refractivity contribution < 1.29 is 14.2 Å². The Morgan fingerprint density at radius 2 is 1.88 bits per heavy atom. The first-order valence-electron chi connectivity index (χ1n) is 5.20. The van der Waals surface area contributed by atoms with Gasteiger partial charge in [0, 0.05) is 18.2 Å². The molecular formula is C12H19NO3. The van der Waals surface area contributed by atoms with E-state index in [1.807, 2.05) is 12.1 Å². The fourth-order valence-electron chi connectivity index (χ4n) is 1.75. The zero-order chi connectivity index (χ0) is 12.0. The Hall–Kier alpha value is -1.26. The number of nitrogens with two attached hydrogens (primary N) is 1. The van der Waals surface area contributed by atoms with Crippen LogP contribution in [-0.4, -0.2) is 27.9 Å². The third-order valence-electron chi connectivity index (χ3n) is 2.42. The van der Waals surface area contributed by atoms with Crippen LogP contribution in [0.15, 0.2) is 12.1 Å². The van der Waals surface area contributed by atoms with E-state index in [-0.39, 0.29) is 0 Å². The molecule has 0 radical (unpaired) electrons. The molecule has 0 unspecified atom stereocenters. The summed E-state index contributed by atoms with van der Waals surface area (Å²) in [5.41, 5.74) is 7.60. The molecule has 16 heavy (non-hydrogen) atoms. The molecule has 0 aliphatic rings. The highest BCUT2D eigenvalue weighted by Gasteiger charge is 2.13. The average Bonchev–Trinajstić information content (AvgIpc) is 2.30. The van der Waals surface area contributed by atoms with Crippen LogP contribution in [0.4, 0.5) is 0 Å². The van der Waals surface area contributed by atoms with E-state index in [9.17, 15) is 0 Å². The predicted octanol–water partition coefficient (Wildman–Crippen LogP) is 1.35. The van der Waals surface area contributed by atoms with Gasteiger partial charge in [-0.25, -0.2) is 0 Å². The summed E-state index contributed by atoms with van der Waals surface area (Å²) in [5.74, 6) is 1.62. The van der Waals surface area contributed by atoms with Gasteiger partial charge in [-0.3, -0.25) is 0 Å². The first-order chi connectivity index (χ1) is 7.78. The van der Waals surface area contributed by atoms with Gasteiger partial charge >= 0.3 is 0 Å². The van der Waals surface area contributed by atoms with Gasteiger partial charge in [-0.05, 0) is 25.1 Å². The van der Waals surface area contributed by atoms with E-state index in [2.05, 4.69) is 0 Å². The van der Waals surface area contributed by atoms with E-state index < -0.39 is 0 Å². The molecule has 0 saturated heterocycles. The van der Waals surface area contributed by atoms with Crippen molar-refractivity contribution in [2.24, 2.45) is 5.73 Å². The lowest BCUT2D eigenvalue weighted by Crippen LogP contribution is -2.08. The summed E-state index contributed by atoms with van der Waals surface area (Å²) >= 11 is 0. The van der Waals surface area contributed by atoms with Gasteiger partial charge in [0.15, 0.2) is 0 Å². The third-order valence-corrected chi connectivity index (χ3v) is 2.42. The highest BCUT2D eigenvalue weighted by Crippen LogP contribution is 2.32. The molecule has 0 amide bonds. The number of benzene rings is 1. The first-order valence-corrected chi connectivity index (χ1v) is 5.20. The Kier molecular flexibility index (Phi) is 5.08. The van der Waals surface area contributed by atoms with Gasteiger partial charge in [0.2, 0.25) is 0 Å². The van der Waals surface area contributed by atoms with Crippen LogP contribution in [0.25, 0.3) is 0 Å². The molecule has 0 spiro atoms. The van der Waals surface area contributed by atoms with Gasteiger partial charge in [-0.1, -0.05) is 0 Å². The van der Waals surface area contributed by atoms with Crippen LogP contribution in [0.3, 0.4) is 0 Å². The number of hydrogen-bond acceptors (Lipinski definition) is 4. The van der Waals surface area contributed by atoms with Gasteiger partial charge < -0.3 is 19.9 Å². The van der Waals surface area contributed by atoms with Crippen molar-refractivity contribution in [3.63, 3.8) is 0 Å². The second-order valence-corrected chi connectivity index (χ2v) is 3.41. The van der Waals surface area contributed by atoms with Gasteiger partial charge in [0.25, 0.3) is 0 Å². The van der Waals surface area contributed by atoms with Crippen molar-refractivity contribution in [1.29, 1.82) is 0 Å². The van der Waals surface area contributed by atoms with Gasteiger partial charge in [-0.2, -0.15) is 0 Å². The van der Waals surface area contributed by atoms with E-state index in [1.54, 1.807) is 21.3 Å². The van der Waals surface area contributed by atoms with E-state index in [4.69, 9.17) is 19.9 Å². The van der Waals surface area contributed by atoms with Crippen LogP contribution >= 0.6 is 0 Å². The molecule has 2 N–H and O–H groups in total. The van der Waals surface area contributed by atoms with Crippen molar-refractivity contribution in [3.05, 3.63) is 23.3 Å². The van der Waals surface area contributed by atoms with Crippen LogP contribution in [0.2, 0.25) is 0 Å². The van der Waals surface area contributed by atoms with E-state index >= 15 is 0 Å². The van der Waals surface area contributed by atoms with Crippen LogP contribution < -0.4 is 15.2 Å². The summed E-state index contributed by atoms with van der Waals surface area (Å²) in [7, 11) is 4.95. The van der Waals surface area contributed by atoms with Crippen LogP contribution in [0, 0.1) is 0 Å². The Labute approximate surface area is 96.3 Å². The Bertz CT molecular complexity index is 339. The molecule has 90 valence electrons. The highest BCUT2D eigenvalue weighted by molar-refractivity contribution is 5.50. The third kappa shape index (κ3) is 2.65. The van der Waals surface area contributed by atoms with Gasteiger partial charge in [0.05, 0.1) is 20.8 Å². The van der Waals surface area contributed by atoms with E-state index in [0.717, 1.165) is 29.0 Å². The highest BCUT2D eigenvalue weighted by atomic mass is 16.5.